The Kier molecular flexibility index (Phi) is 6.93. The first-order valence-corrected chi connectivity index (χ1v) is 19.5. The largest absolute Gasteiger partial charge is 0.456 e. The summed E-state index contributed by atoms with van der Waals surface area (Å²) in [4.78, 5) is 0. The van der Waals surface area contributed by atoms with Crippen LogP contribution >= 0.6 is 0 Å². The first-order valence-electron chi connectivity index (χ1n) is 19.5. The Hall–Kier alpha value is -7.62. The number of furan rings is 1. The van der Waals surface area contributed by atoms with Gasteiger partial charge in [0.25, 0.3) is 0 Å². The van der Waals surface area contributed by atoms with Crippen LogP contribution in [0.25, 0.3) is 110 Å². The van der Waals surface area contributed by atoms with E-state index >= 15 is 0 Å². The minimum atomic E-state index is 0.882. The summed E-state index contributed by atoms with van der Waals surface area (Å²) in [5.74, 6) is 0. The summed E-state index contributed by atoms with van der Waals surface area (Å²) < 4.78 is 11.5. The fourth-order valence-corrected chi connectivity index (χ4v) is 9.16. The highest BCUT2D eigenvalue weighted by Gasteiger charge is 2.21. The number of para-hydroxylation sites is 4. The first kappa shape index (κ1) is 31.7. The van der Waals surface area contributed by atoms with Gasteiger partial charge in [-0.15, -0.1) is 0 Å². The van der Waals surface area contributed by atoms with Gasteiger partial charge in [-0.1, -0.05) is 152 Å². The van der Waals surface area contributed by atoms with E-state index in [1.807, 2.05) is 6.07 Å². The molecule has 0 aliphatic rings. The van der Waals surface area contributed by atoms with Gasteiger partial charge in [-0.25, -0.2) is 0 Å². The van der Waals surface area contributed by atoms with Crippen LogP contribution in [0.4, 0.5) is 0 Å². The average Bonchev–Trinajstić information content (AvgIpc) is 3.94. The second-order valence-corrected chi connectivity index (χ2v) is 14.9. The zero-order chi connectivity index (χ0) is 37.5. The lowest BCUT2D eigenvalue weighted by Gasteiger charge is -2.14. The molecule has 57 heavy (non-hydrogen) atoms. The second-order valence-electron chi connectivity index (χ2n) is 14.9. The molecule has 3 aromatic heterocycles. The Morgan fingerprint density at radius 3 is 1.63 bits per heavy atom. The molecule has 0 unspecified atom stereocenters. The average molecular weight is 727 g/mol. The van der Waals surface area contributed by atoms with Crippen LogP contribution in [0.5, 0.6) is 0 Å². The summed E-state index contributed by atoms with van der Waals surface area (Å²) in [5.41, 5.74) is 15.8. The fourth-order valence-electron chi connectivity index (χ4n) is 9.16. The Morgan fingerprint density at radius 2 is 0.842 bits per heavy atom. The molecule has 3 nitrogen and oxygen atoms in total. The number of hydrogen-bond donors (Lipinski definition) is 0. The lowest BCUT2D eigenvalue weighted by molar-refractivity contribution is 0.669. The van der Waals surface area contributed by atoms with E-state index in [1.165, 1.54) is 60.5 Å². The van der Waals surface area contributed by atoms with Crippen LogP contribution in [0.1, 0.15) is 0 Å². The van der Waals surface area contributed by atoms with E-state index in [9.17, 15) is 0 Å². The van der Waals surface area contributed by atoms with Gasteiger partial charge in [0, 0.05) is 32.5 Å². The number of fused-ring (bicyclic) bond motifs is 9. The van der Waals surface area contributed by atoms with Gasteiger partial charge in [-0.2, -0.15) is 0 Å². The standard InChI is InChI=1S/C54H34N2O/c1-3-15-35(16-4-1)39-33-51(54-44-22-10-14-26-52(44)57-53(54)34-39)56-48-25-13-9-21-42(48)45-31-37(28-30-49(45)56)38-27-29-43-41-20-8-12-24-47(41)55(50(43)32-38)46-23-11-7-19-40(46)36-17-5-2-6-18-36/h1-34H. The van der Waals surface area contributed by atoms with E-state index in [0.29, 0.717) is 0 Å². The van der Waals surface area contributed by atoms with E-state index < -0.39 is 0 Å². The Bertz CT molecular complexity index is 3510. The van der Waals surface area contributed by atoms with Crippen molar-refractivity contribution in [2.24, 2.45) is 0 Å². The van der Waals surface area contributed by atoms with Gasteiger partial charge in [0.05, 0.1) is 38.8 Å². The van der Waals surface area contributed by atoms with Gasteiger partial charge in [-0.05, 0) is 82.4 Å². The van der Waals surface area contributed by atoms with Crippen LogP contribution in [0, 0.1) is 0 Å². The molecule has 3 heteroatoms. The van der Waals surface area contributed by atoms with Crippen molar-refractivity contribution in [1.29, 1.82) is 0 Å². The van der Waals surface area contributed by atoms with Gasteiger partial charge in [0.2, 0.25) is 0 Å². The predicted octanol–water partition coefficient (Wildman–Crippen LogP) is 14.8. The zero-order valence-electron chi connectivity index (χ0n) is 30.9. The van der Waals surface area contributed by atoms with Crippen LogP contribution in [-0.4, -0.2) is 9.13 Å². The maximum absolute atomic E-state index is 6.57. The Labute approximate surface area is 328 Å². The molecular weight excluding hydrogens is 693 g/mol. The molecule has 0 spiro atoms. The summed E-state index contributed by atoms with van der Waals surface area (Å²) >= 11 is 0. The molecule has 0 saturated heterocycles. The van der Waals surface area contributed by atoms with Crippen LogP contribution < -0.4 is 0 Å². The van der Waals surface area contributed by atoms with Crippen molar-refractivity contribution in [2.45, 2.75) is 0 Å². The first-order chi connectivity index (χ1) is 28.3. The molecule has 3 heterocycles. The monoisotopic (exact) mass is 726 g/mol. The summed E-state index contributed by atoms with van der Waals surface area (Å²) in [6.07, 6.45) is 0. The van der Waals surface area contributed by atoms with E-state index in [0.717, 1.165) is 49.8 Å². The molecule has 12 aromatic rings. The molecule has 0 fully saturated rings. The van der Waals surface area contributed by atoms with Crippen LogP contribution in [0.15, 0.2) is 211 Å². The summed E-state index contributed by atoms with van der Waals surface area (Å²) in [7, 11) is 0. The van der Waals surface area contributed by atoms with E-state index in [-0.39, 0.29) is 0 Å². The minimum absolute atomic E-state index is 0.882. The Balaban J connectivity index is 1.09. The van der Waals surface area contributed by atoms with Gasteiger partial charge < -0.3 is 13.6 Å². The third-order valence-electron chi connectivity index (χ3n) is 11.7. The predicted molar refractivity (Wildman–Crippen MR) is 239 cm³/mol. The maximum Gasteiger partial charge on any atom is 0.138 e. The molecule has 12 rings (SSSR count). The lowest BCUT2D eigenvalue weighted by Crippen LogP contribution is -1.97. The molecule has 0 amide bonds. The normalized spacial score (nSPS) is 11.9. The van der Waals surface area contributed by atoms with Crippen LogP contribution in [0.2, 0.25) is 0 Å². The lowest BCUT2D eigenvalue weighted by atomic mass is 10.0. The third kappa shape index (κ3) is 4.86. The topological polar surface area (TPSA) is 23.0 Å². The van der Waals surface area contributed by atoms with Gasteiger partial charge in [0.15, 0.2) is 0 Å². The van der Waals surface area contributed by atoms with Crippen molar-refractivity contribution in [3.05, 3.63) is 206 Å². The van der Waals surface area contributed by atoms with E-state index in [4.69, 9.17) is 4.42 Å². The summed E-state index contributed by atoms with van der Waals surface area (Å²) in [5, 5.41) is 7.14. The van der Waals surface area contributed by atoms with Crippen LogP contribution in [-0.2, 0) is 0 Å². The highest BCUT2D eigenvalue weighted by Crippen LogP contribution is 2.43. The number of aromatic nitrogens is 2. The molecule has 0 saturated carbocycles. The molecule has 0 aliphatic carbocycles. The van der Waals surface area contributed by atoms with Gasteiger partial charge in [0.1, 0.15) is 11.2 Å². The number of nitrogens with zero attached hydrogens (tertiary/aromatic N) is 2. The van der Waals surface area contributed by atoms with Crippen LogP contribution in [0.3, 0.4) is 0 Å². The molecular formula is C54H34N2O. The van der Waals surface area contributed by atoms with Crippen molar-refractivity contribution in [3.8, 4) is 44.8 Å². The number of rotatable bonds is 5. The molecule has 0 aliphatic heterocycles. The molecule has 0 N–H and O–H groups in total. The van der Waals surface area contributed by atoms with E-state index in [1.54, 1.807) is 0 Å². The summed E-state index contributed by atoms with van der Waals surface area (Å²) in [6.45, 7) is 0. The number of benzene rings is 9. The fraction of sp³-hybridized carbons (Fsp3) is 0. The van der Waals surface area contributed by atoms with Crippen molar-refractivity contribution in [1.82, 2.24) is 9.13 Å². The van der Waals surface area contributed by atoms with E-state index in [2.05, 4.69) is 209 Å². The highest BCUT2D eigenvalue weighted by molar-refractivity contribution is 6.16. The van der Waals surface area contributed by atoms with Crippen molar-refractivity contribution in [2.75, 3.05) is 0 Å². The molecule has 266 valence electrons. The second kappa shape index (κ2) is 12.5. The number of hydrogen-bond acceptors (Lipinski definition) is 1. The zero-order valence-corrected chi connectivity index (χ0v) is 30.9. The van der Waals surface area contributed by atoms with Gasteiger partial charge in [-0.3, -0.25) is 0 Å². The van der Waals surface area contributed by atoms with Crippen molar-refractivity contribution in [3.63, 3.8) is 0 Å². The van der Waals surface area contributed by atoms with Gasteiger partial charge >= 0.3 is 0 Å². The molecule has 0 bridgehead atoms. The molecule has 9 aromatic carbocycles. The smallest absolute Gasteiger partial charge is 0.138 e. The maximum atomic E-state index is 6.57. The van der Waals surface area contributed by atoms with Crippen molar-refractivity contribution < 1.29 is 4.42 Å². The summed E-state index contributed by atoms with van der Waals surface area (Å²) in [6, 6.07) is 74.4. The highest BCUT2D eigenvalue weighted by atomic mass is 16.3. The Morgan fingerprint density at radius 1 is 0.281 bits per heavy atom. The molecule has 0 radical (unpaired) electrons. The quantitative estimate of drug-likeness (QED) is 0.173. The van der Waals surface area contributed by atoms with Crippen molar-refractivity contribution >= 4 is 65.6 Å². The molecule has 0 atom stereocenters. The third-order valence-corrected chi connectivity index (χ3v) is 11.7. The minimum Gasteiger partial charge on any atom is -0.456 e. The SMILES string of the molecule is c1ccc(-c2cc(-n3c4ccccc4c4cc(-c5ccc6c7ccccc7n(-c7ccccc7-c7ccccc7)c6c5)ccc43)c3c(c2)oc2ccccc23)cc1.